The Balaban J connectivity index is 1.72. The van der Waals surface area contributed by atoms with E-state index in [9.17, 15) is 5.11 Å². The minimum Gasteiger partial charge on any atom is -0.396 e. The Morgan fingerprint density at radius 1 is 1.13 bits per heavy atom. The third kappa shape index (κ3) is 4.02. The van der Waals surface area contributed by atoms with E-state index < -0.39 is 0 Å². The number of rotatable bonds is 5. The van der Waals surface area contributed by atoms with Gasteiger partial charge in [-0.15, -0.1) is 0 Å². The van der Waals surface area contributed by atoms with E-state index in [0.717, 1.165) is 38.4 Å². The maximum absolute atomic E-state index is 9.43. The monoisotopic (exact) mass is 331 g/mol. The molecule has 2 aromatic rings. The van der Waals surface area contributed by atoms with Crippen molar-refractivity contribution in [3.63, 3.8) is 0 Å². The zero-order valence-corrected chi connectivity index (χ0v) is 13.9. The van der Waals surface area contributed by atoms with Crippen LogP contribution < -0.4 is 4.90 Å². The molecule has 0 amide bonds. The van der Waals surface area contributed by atoms with Crippen LogP contribution in [0.4, 0.5) is 5.82 Å². The molecule has 3 rings (SSSR count). The van der Waals surface area contributed by atoms with E-state index in [2.05, 4.69) is 39.0 Å². The number of piperazine rings is 1. The van der Waals surface area contributed by atoms with Gasteiger partial charge in [0.2, 0.25) is 0 Å². The molecule has 1 aliphatic heterocycles. The summed E-state index contributed by atoms with van der Waals surface area (Å²) in [5.41, 5.74) is 1.31. The summed E-state index contributed by atoms with van der Waals surface area (Å²) in [7, 11) is 0. The van der Waals surface area contributed by atoms with Crippen molar-refractivity contribution in [1.29, 1.82) is 0 Å². The average Bonchev–Trinajstić information content (AvgIpc) is 2.58. The summed E-state index contributed by atoms with van der Waals surface area (Å²) in [4.78, 5) is 9.09. The quantitative estimate of drug-likeness (QED) is 0.914. The smallest absolute Gasteiger partial charge is 0.147 e. The standard InChI is InChI=1S/C18H22ClN3O/c19-17-7-4-9-20-18(17)22-11-10-21(16(14-22)8-12-23)13-15-5-2-1-3-6-15/h1-7,9,16,23H,8,10-14H2. The fourth-order valence-corrected chi connectivity index (χ4v) is 3.39. The fourth-order valence-electron chi connectivity index (χ4n) is 3.14. The largest absolute Gasteiger partial charge is 0.396 e. The molecule has 0 spiro atoms. The molecule has 1 fully saturated rings. The average molecular weight is 332 g/mol. The first-order valence-electron chi connectivity index (χ1n) is 8.02. The number of hydrogen-bond acceptors (Lipinski definition) is 4. The summed E-state index contributed by atoms with van der Waals surface area (Å²) in [6.45, 7) is 3.77. The molecule has 0 radical (unpaired) electrons. The van der Waals surface area contributed by atoms with Crippen LogP contribution in [0.5, 0.6) is 0 Å². The van der Waals surface area contributed by atoms with E-state index in [4.69, 9.17) is 11.6 Å². The summed E-state index contributed by atoms with van der Waals surface area (Å²) < 4.78 is 0. The Hall–Kier alpha value is -1.62. The van der Waals surface area contributed by atoms with Crippen LogP contribution in [-0.4, -0.2) is 47.3 Å². The Bertz CT molecular complexity index is 623. The second-order valence-electron chi connectivity index (χ2n) is 5.88. The highest BCUT2D eigenvalue weighted by Crippen LogP contribution is 2.26. The van der Waals surface area contributed by atoms with E-state index in [1.807, 2.05) is 18.2 Å². The Labute approximate surface area is 142 Å². The van der Waals surface area contributed by atoms with Crippen LogP contribution in [0.2, 0.25) is 5.02 Å². The molecule has 1 unspecified atom stereocenters. The minimum absolute atomic E-state index is 0.194. The summed E-state index contributed by atoms with van der Waals surface area (Å²) in [6.07, 6.45) is 2.53. The van der Waals surface area contributed by atoms with Crippen LogP contribution in [0.25, 0.3) is 0 Å². The van der Waals surface area contributed by atoms with Gasteiger partial charge in [-0.3, -0.25) is 4.90 Å². The third-order valence-corrected chi connectivity index (χ3v) is 4.63. The van der Waals surface area contributed by atoms with Gasteiger partial charge in [0.05, 0.1) is 5.02 Å². The molecule has 1 aromatic heterocycles. The number of pyridine rings is 1. The van der Waals surface area contributed by atoms with Crippen molar-refractivity contribution in [1.82, 2.24) is 9.88 Å². The molecule has 0 bridgehead atoms. The van der Waals surface area contributed by atoms with Gasteiger partial charge in [-0.05, 0) is 24.1 Å². The Kier molecular flexibility index (Phi) is 5.49. The predicted molar refractivity (Wildman–Crippen MR) is 93.8 cm³/mol. The topological polar surface area (TPSA) is 39.6 Å². The predicted octanol–water partition coefficient (Wildman–Crippen LogP) is 2.81. The van der Waals surface area contributed by atoms with Gasteiger partial charge < -0.3 is 10.0 Å². The molecule has 1 aliphatic rings. The van der Waals surface area contributed by atoms with E-state index in [-0.39, 0.29) is 6.61 Å². The molecular formula is C18H22ClN3O. The van der Waals surface area contributed by atoms with Gasteiger partial charge >= 0.3 is 0 Å². The van der Waals surface area contributed by atoms with E-state index in [1.165, 1.54) is 5.56 Å². The summed E-state index contributed by atoms with van der Waals surface area (Å²) in [5.74, 6) is 0.844. The number of benzene rings is 1. The van der Waals surface area contributed by atoms with Crippen LogP contribution in [0, 0.1) is 0 Å². The van der Waals surface area contributed by atoms with Crippen LogP contribution in [-0.2, 0) is 6.54 Å². The van der Waals surface area contributed by atoms with Crippen LogP contribution in [0.1, 0.15) is 12.0 Å². The minimum atomic E-state index is 0.194. The van der Waals surface area contributed by atoms with Gasteiger partial charge in [-0.1, -0.05) is 41.9 Å². The van der Waals surface area contributed by atoms with Crippen molar-refractivity contribution < 1.29 is 5.11 Å². The molecule has 1 saturated heterocycles. The highest BCUT2D eigenvalue weighted by atomic mass is 35.5. The third-order valence-electron chi connectivity index (χ3n) is 4.33. The number of anilines is 1. The van der Waals surface area contributed by atoms with Gasteiger partial charge in [0.1, 0.15) is 5.82 Å². The lowest BCUT2D eigenvalue weighted by Crippen LogP contribution is -2.53. The highest BCUT2D eigenvalue weighted by Gasteiger charge is 2.28. The van der Waals surface area contributed by atoms with E-state index in [0.29, 0.717) is 11.1 Å². The zero-order chi connectivity index (χ0) is 16.1. The van der Waals surface area contributed by atoms with Gasteiger partial charge in [-0.2, -0.15) is 0 Å². The molecule has 0 aliphatic carbocycles. The summed E-state index contributed by atoms with van der Waals surface area (Å²) in [5, 5.41) is 10.1. The van der Waals surface area contributed by atoms with Crippen molar-refractivity contribution in [2.24, 2.45) is 0 Å². The van der Waals surface area contributed by atoms with Gasteiger partial charge in [-0.25, -0.2) is 4.98 Å². The second-order valence-corrected chi connectivity index (χ2v) is 6.28. The molecule has 122 valence electrons. The van der Waals surface area contributed by atoms with Crippen molar-refractivity contribution in [3.8, 4) is 0 Å². The molecule has 1 atom stereocenters. The molecular weight excluding hydrogens is 310 g/mol. The lowest BCUT2D eigenvalue weighted by atomic mass is 10.1. The highest BCUT2D eigenvalue weighted by molar-refractivity contribution is 6.32. The number of nitrogens with zero attached hydrogens (tertiary/aromatic N) is 3. The number of aliphatic hydroxyl groups is 1. The summed E-state index contributed by atoms with van der Waals surface area (Å²) in [6, 6.07) is 14.5. The number of hydrogen-bond donors (Lipinski definition) is 1. The maximum Gasteiger partial charge on any atom is 0.147 e. The number of halogens is 1. The Morgan fingerprint density at radius 3 is 2.70 bits per heavy atom. The van der Waals surface area contributed by atoms with Crippen molar-refractivity contribution in [2.75, 3.05) is 31.1 Å². The van der Waals surface area contributed by atoms with Crippen molar-refractivity contribution >= 4 is 17.4 Å². The van der Waals surface area contributed by atoms with Crippen LogP contribution >= 0.6 is 11.6 Å². The Morgan fingerprint density at radius 2 is 1.96 bits per heavy atom. The lowest BCUT2D eigenvalue weighted by Gasteiger charge is -2.42. The molecule has 1 N–H and O–H groups in total. The molecule has 5 heteroatoms. The second kappa shape index (κ2) is 7.77. The first-order valence-corrected chi connectivity index (χ1v) is 8.40. The molecule has 2 heterocycles. The normalized spacial score (nSPS) is 19.0. The lowest BCUT2D eigenvalue weighted by molar-refractivity contribution is 0.135. The molecule has 4 nitrogen and oxygen atoms in total. The summed E-state index contributed by atoms with van der Waals surface area (Å²) >= 11 is 6.28. The molecule has 1 aromatic carbocycles. The number of aromatic nitrogens is 1. The van der Waals surface area contributed by atoms with Crippen molar-refractivity contribution in [2.45, 2.75) is 19.0 Å². The van der Waals surface area contributed by atoms with Crippen LogP contribution in [0.15, 0.2) is 48.7 Å². The van der Waals surface area contributed by atoms with Gasteiger partial charge in [0.25, 0.3) is 0 Å². The van der Waals surface area contributed by atoms with E-state index >= 15 is 0 Å². The number of aliphatic hydroxyl groups excluding tert-OH is 1. The van der Waals surface area contributed by atoms with Crippen molar-refractivity contribution in [3.05, 3.63) is 59.2 Å². The van der Waals surface area contributed by atoms with Crippen LogP contribution in [0.3, 0.4) is 0 Å². The molecule has 0 saturated carbocycles. The van der Waals surface area contributed by atoms with Gasteiger partial charge in [0.15, 0.2) is 0 Å². The maximum atomic E-state index is 9.43. The first-order chi connectivity index (χ1) is 11.3. The van der Waals surface area contributed by atoms with E-state index in [1.54, 1.807) is 6.20 Å². The zero-order valence-electron chi connectivity index (χ0n) is 13.1. The first kappa shape index (κ1) is 16.2. The fraction of sp³-hybridized carbons (Fsp3) is 0.389. The molecule has 23 heavy (non-hydrogen) atoms. The SMILES string of the molecule is OCCC1CN(c2ncccc2Cl)CCN1Cc1ccccc1. The van der Waals surface area contributed by atoms with Gasteiger partial charge in [0, 0.05) is 45.0 Å².